The Morgan fingerprint density at radius 1 is 0.903 bits per heavy atom. The van der Waals surface area contributed by atoms with E-state index in [1.54, 1.807) is 41.8 Å². The highest BCUT2D eigenvalue weighted by Gasteiger charge is 2.22. The Kier molecular flexibility index (Phi) is 5.82. The summed E-state index contributed by atoms with van der Waals surface area (Å²) in [7, 11) is -6.89. The minimum atomic E-state index is -3.54. The SMILES string of the molecule is CS(=O)(=O)c1ccc(-c2sc(CS(=O)(=O)c3cccs3)nc2-c2ccc(F)cc2)cc1. The van der Waals surface area contributed by atoms with Crippen LogP contribution in [0.5, 0.6) is 0 Å². The van der Waals surface area contributed by atoms with Crippen LogP contribution < -0.4 is 0 Å². The number of hydrogen-bond acceptors (Lipinski definition) is 7. The molecule has 0 atom stereocenters. The fraction of sp³-hybridized carbons (Fsp3) is 0.0952. The number of sulfone groups is 2. The molecule has 0 amide bonds. The van der Waals surface area contributed by atoms with E-state index < -0.39 is 25.5 Å². The Hall–Kier alpha value is -2.40. The highest BCUT2D eigenvalue weighted by molar-refractivity contribution is 7.92. The molecule has 0 unspecified atom stereocenters. The summed E-state index contributed by atoms with van der Waals surface area (Å²) in [5.74, 6) is -0.646. The zero-order chi connectivity index (χ0) is 22.2. The maximum Gasteiger partial charge on any atom is 0.194 e. The number of thiophene rings is 1. The van der Waals surface area contributed by atoms with Crippen LogP contribution >= 0.6 is 22.7 Å². The summed E-state index contributed by atoms with van der Waals surface area (Å²) < 4.78 is 62.6. The summed E-state index contributed by atoms with van der Waals surface area (Å²) in [6.45, 7) is 0. The summed E-state index contributed by atoms with van der Waals surface area (Å²) in [5, 5.41) is 2.10. The third-order valence-corrected chi connectivity index (χ3v) is 9.98. The van der Waals surface area contributed by atoms with Crippen LogP contribution in [0.3, 0.4) is 0 Å². The van der Waals surface area contributed by atoms with E-state index in [1.807, 2.05) is 0 Å². The number of aromatic nitrogens is 1. The molecule has 160 valence electrons. The third-order valence-electron chi connectivity index (χ3n) is 4.45. The largest absolute Gasteiger partial charge is 0.239 e. The standard InChI is InChI=1S/C21H16FNO4S4/c1-30(24,25)17-10-6-15(7-11-17)21-20(14-4-8-16(22)9-5-14)23-18(29-21)13-31(26,27)19-3-2-12-28-19/h2-12H,13H2,1H3. The second-order valence-corrected chi connectivity index (χ2v) is 13.0. The summed E-state index contributed by atoms with van der Waals surface area (Å²) in [5.41, 5.74) is 1.86. The van der Waals surface area contributed by atoms with E-state index in [9.17, 15) is 21.2 Å². The van der Waals surface area contributed by atoms with Crippen LogP contribution in [-0.2, 0) is 25.4 Å². The monoisotopic (exact) mass is 493 g/mol. The maximum absolute atomic E-state index is 13.4. The van der Waals surface area contributed by atoms with Gasteiger partial charge >= 0.3 is 0 Å². The Morgan fingerprint density at radius 2 is 1.55 bits per heavy atom. The number of rotatable bonds is 6. The van der Waals surface area contributed by atoms with Crippen LogP contribution in [0.25, 0.3) is 21.7 Å². The molecule has 0 saturated heterocycles. The molecule has 0 aliphatic carbocycles. The normalized spacial score (nSPS) is 12.2. The van der Waals surface area contributed by atoms with Crippen molar-refractivity contribution in [3.8, 4) is 21.7 Å². The van der Waals surface area contributed by atoms with Crippen molar-refractivity contribution in [2.24, 2.45) is 0 Å². The molecule has 2 heterocycles. The van der Waals surface area contributed by atoms with Crippen LogP contribution in [0.4, 0.5) is 4.39 Å². The Morgan fingerprint density at radius 3 is 2.13 bits per heavy atom. The van der Waals surface area contributed by atoms with Gasteiger partial charge in [0.25, 0.3) is 0 Å². The van der Waals surface area contributed by atoms with Crippen molar-refractivity contribution < 1.29 is 21.2 Å². The van der Waals surface area contributed by atoms with E-state index >= 15 is 0 Å². The number of halogens is 1. The molecule has 0 fully saturated rings. The topological polar surface area (TPSA) is 81.2 Å². The van der Waals surface area contributed by atoms with Crippen molar-refractivity contribution in [3.63, 3.8) is 0 Å². The van der Waals surface area contributed by atoms with Gasteiger partial charge in [0.2, 0.25) is 0 Å². The maximum atomic E-state index is 13.4. The number of hydrogen-bond donors (Lipinski definition) is 0. The molecule has 0 bridgehead atoms. The van der Waals surface area contributed by atoms with E-state index in [0.717, 1.165) is 17.6 Å². The fourth-order valence-electron chi connectivity index (χ4n) is 2.95. The van der Waals surface area contributed by atoms with Crippen molar-refractivity contribution in [1.29, 1.82) is 0 Å². The molecular formula is C21H16FNO4S4. The number of thiazole rings is 1. The van der Waals surface area contributed by atoms with Gasteiger partial charge in [-0.05, 0) is 53.4 Å². The molecule has 4 aromatic rings. The van der Waals surface area contributed by atoms with Gasteiger partial charge in [-0.1, -0.05) is 18.2 Å². The average molecular weight is 494 g/mol. The minimum absolute atomic E-state index is 0.185. The van der Waals surface area contributed by atoms with Crippen molar-refractivity contribution >= 4 is 42.3 Å². The average Bonchev–Trinajstić information content (AvgIpc) is 3.38. The fourth-order valence-corrected chi connectivity index (χ4v) is 7.37. The molecule has 0 spiro atoms. The second-order valence-electron chi connectivity index (χ2n) is 6.78. The minimum Gasteiger partial charge on any atom is -0.239 e. The molecule has 0 radical (unpaired) electrons. The molecule has 4 rings (SSSR count). The van der Waals surface area contributed by atoms with Crippen molar-refractivity contribution in [2.45, 2.75) is 14.9 Å². The third kappa shape index (κ3) is 4.77. The van der Waals surface area contributed by atoms with E-state index in [1.165, 1.54) is 35.6 Å². The predicted molar refractivity (Wildman–Crippen MR) is 121 cm³/mol. The number of nitrogens with zero attached hydrogens (tertiary/aromatic N) is 1. The zero-order valence-corrected chi connectivity index (χ0v) is 19.4. The molecule has 0 N–H and O–H groups in total. The Labute approximate surface area is 187 Å². The van der Waals surface area contributed by atoms with Gasteiger partial charge in [0.15, 0.2) is 19.7 Å². The van der Waals surface area contributed by atoms with E-state index in [2.05, 4.69) is 4.98 Å². The molecule has 0 aliphatic heterocycles. The lowest BCUT2D eigenvalue weighted by Gasteiger charge is -2.04. The number of benzene rings is 2. The first-order valence-electron chi connectivity index (χ1n) is 8.96. The molecular weight excluding hydrogens is 478 g/mol. The van der Waals surface area contributed by atoms with Gasteiger partial charge in [-0.25, -0.2) is 26.2 Å². The van der Waals surface area contributed by atoms with E-state index in [0.29, 0.717) is 26.7 Å². The quantitative estimate of drug-likeness (QED) is 0.375. The summed E-state index contributed by atoms with van der Waals surface area (Å²) in [6.07, 6.45) is 1.13. The molecule has 5 nitrogen and oxygen atoms in total. The van der Waals surface area contributed by atoms with Gasteiger partial charge < -0.3 is 0 Å². The predicted octanol–water partition coefficient (Wildman–Crippen LogP) is 5.06. The van der Waals surface area contributed by atoms with Gasteiger partial charge in [-0.2, -0.15) is 0 Å². The zero-order valence-electron chi connectivity index (χ0n) is 16.1. The van der Waals surface area contributed by atoms with E-state index in [4.69, 9.17) is 0 Å². The van der Waals surface area contributed by atoms with Gasteiger partial charge in [0.05, 0.1) is 15.5 Å². The van der Waals surface area contributed by atoms with Gasteiger partial charge in [-0.3, -0.25) is 0 Å². The lowest BCUT2D eigenvalue weighted by atomic mass is 10.1. The smallest absolute Gasteiger partial charge is 0.194 e. The van der Waals surface area contributed by atoms with Crippen LogP contribution in [0, 0.1) is 5.82 Å². The Bertz CT molecular complexity index is 1420. The van der Waals surface area contributed by atoms with Gasteiger partial charge in [0.1, 0.15) is 20.8 Å². The molecule has 2 aromatic heterocycles. The van der Waals surface area contributed by atoms with Gasteiger partial charge in [-0.15, -0.1) is 22.7 Å². The molecule has 0 saturated carbocycles. The van der Waals surface area contributed by atoms with Gasteiger partial charge in [0, 0.05) is 11.8 Å². The highest BCUT2D eigenvalue weighted by Crippen LogP contribution is 2.38. The second kappa shape index (κ2) is 8.27. The van der Waals surface area contributed by atoms with E-state index in [-0.39, 0.29) is 14.9 Å². The first-order valence-corrected chi connectivity index (χ1v) is 14.2. The summed E-state index contributed by atoms with van der Waals surface area (Å²) in [6, 6.07) is 15.3. The lowest BCUT2D eigenvalue weighted by molar-refractivity contribution is 0.596. The molecule has 0 aliphatic rings. The molecule has 2 aromatic carbocycles. The van der Waals surface area contributed by atoms with Crippen LogP contribution in [-0.4, -0.2) is 28.1 Å². The first-order chi connectivity index (χ1) is 14.6. The van der Waals surface area contributed by atoms with Crippen LogP contribution in [0.2, 0.25) is 0 Å². The lowest BCUT2D eigenvalue weighted by Crippen LogP contribution is -2.02. The van der Waals surface area contributed by atoms with Crippen molar-refractivity contribution in [3.05, 3.63) is 76.9 Å². The summed E-state index contributed by atoms with van der Waals surface area (Å²) >= 11 is 2.37. The van der Waals surface area contributed by atoms with Crippen LogP contribution in [0.1, 0.15) is 5.01 Å². The summed E-state index contributed by atoms with van der Waals surface area (Å²) in [4.78, 5) is 5.42. The van der Waals surface area contributed by atoms with Crippen LogP contribution in [0.15, 0.2) is 75.1 Å². The first kappa shape index (κ1) is 21.8. The highest BCUT2D eigenvalue weighted by atomic mass is 32.2. The van der Waals surface area contributed by atoms with Crippen molar-refractivity contribution in [1.82, 2.24) is 4.98 Å². The molecule has 10 heteroatoms. The molecule has 31 heavy (non-hydrogen) atoms. The Balaban J connectivity index is 1.80. The van der Waals surface area contributed by atoms with Crippen molar-refractivity contribution in [2.75, 3.05) is 6.26 Å².